The molecule has 0 aromatic carbocycles. The molecule has 0 amide bonds. The van der Waals surface area contributed by atoms with Crippen LogP contribution in [0, 0.1) is 0 Å². The molecule has 1 saturated heterocycles. The molecule has 8 nitrogen and oxygen atoms in total. The van der Waals surface area contributed by atoms with Gasteiger partial charge in [0.15, 0.2) is 0 Å². The summed E-state index contributed by atoms with van der Waals surface area (Å²) in [6.45, 7) is 32.3. The quantitative estimate of drug-likeness (QED) is 0.454. The minimum Gasteiger partial charge on any atom is -0.412 e. The molecule has 1 fully saturated rings. The van der Waals surface area contributed by atoms with Gasteiger partial charge in [0, 0.05) is 52.4 Å². The summed E-state index contributed by atoms with van der Waals surface area (Å²) in [6, 6.07) is 0. The first-order valence-corrected chi connectivity index (χ1v) is 13.6. The molecule has 0 spiro atoms. The Morgan fingerprint density at radius 3 is 0.735 bits per heavy atom. The van der Waals surface area contributed by atoms with E-state index in [2.05, 4.69) is 47.3 Å². The van der Waals surface area contributed by atoms with Crippen molar-refractivity contribution in [2.45, 2.75) is 93.9 Å². The van der Waals surface area contributed by atoms with E-state index in [1.807, 2.05) is 27.7 Å². The van der Waals surface area contributed by atoms with Gasteiger partial charge in [0.25, 0.3) is 0 Å². The average Bonchev–Trinajstić information content (AvgIpc) is 2.79. The summed E-state index contributed by atoms with van der Waals surface area (Å²) in [4.78, 5) is 10.9. The third-order valence-corrected chi connectivity index (χ3v) is 5.67. The molecule has 1 rings (SSSR count). The van der Waals surface area contributed by atoms with Crippen molar-refractivity contribution in [1.82, 2.24) is 19.6 Å². The lowest BCUT2D eigenvalue weighted by Gasteiger charge is -2.34. The number of hydrogen-bond donors (Lipinski definition) is 0. The molecule has 1 aliphatic rings. The molecule has 1 aliphatic heterocycles. The molecule has 0 aromatic rings. The Kier molecular flexibility index (Phi) is 51.4. The van der Waals surface area contributed by atoms with E-state index in [9.17, 15) is 0 Å². The van der Waals surface area contributed by atoms with Gasteiger partial charge in [-0.2, -0.15) is 0 Å². The van der Waals surface area contributed by atoms with Crippen LogP contribution in [0.5, 0.6) is 0 Å². The van der Waals surface area contributed by atoms with Crippen LogP contribution in [0.3, 0.4) is 0 Å². The zero-order chi connectivity index (χ0) is 23.0. The summed E-state index contributed by atoms with van der Waals surface area (Å²) in [7, 11) is 0. The van der Waals surface area contributed by atoms with Gasteiger partial charge in [-0.25, -0.2) is 0 Å². The summed E-state index contributed by atoms with van der Waals surface area (Å²) in [6.07, 6.45) is 7.83. The van der Waals surface area contributed by atoms with E-state index >= 15 is 0 Å². The van der Waals surface area contributed by atoms with Crippen LogP contribution in [-0.4, -0.2) is 120 Å². The van der Waals surface area contributed by atoms with Gasteiger partial charge in [-0.05, 0) is 51.9 Å². The minimum absolute atomic E-state index is 0. The minimum atomic E-state index is 0. The predicted octanol–water partition coefficient (Wildman–Crippen LogP) is 2.38. The molecule has 34 heavy (non-hydrogen) atoms. The first kappa shape index (κ1) is 46.9. The van der Waals surface area contributed by atoms with E-state index in [1.165, 1.54) is 117 Å². The van der Waals surface area contributed by atoms with Gasteiger partial charge in [0.05, 0.1) is 0 Å². The Morgan fingerprint density at radius 2 is 0.559 bits per heavy atom. The number of rotatable bonds is 10. The van der Waals surface area contributed by atoms with Crippen LogP contribution >= 0.6 is 0 Å². The second kappa shape index (κ2) is 37.2. The van der Waals surface area contributed by atoms with Crippen molar-refractivity contribution in [2.24, 2.45) is 0 Å². The standard InChI is InChI=1S/C22H48N4.2C2H6.4H2O/c1-5-9-13-25-19-15-23(11-7-3)17-21-26(14-10-6-2)22-18-24(12-8-4)16-20-25;2*1-2;;;;/h5-22H2,1-4H3;2*1-2H3;4*1H2. The molecule has 0 bridgehead atoms. The van der Waals surface area contributed by atoms with Crippen molar-refractivity contribution in [3.05, 3.63) is 0 Å². The van der Waals surface area contributed by atoms with E-state index in [-0.39, 0.29) is 21.9 Å². The van der Waals surface area contributed by atoms with Crippen molar-refractivity contribution >= 4 is 0 Å². The Morgan fingerprint density at radius 1 is 0.353 bits per heavy atom. The largest absolute Gasteiger partial charge is 0.412 e. The molecule has 0 saturated carbocycles. The molecule has 0 radical (unpaired) electrons. The highest BCUT2D eigenvalue weighted by Gasteiger charge is 2.15. The van der Waals surface area contributed by atoms with Crippen LogP contribution in [-0.2, 0) is 0 Å². The topological polar surface area (TPSA) is 139 Å². The SMILES string of the molecule is CC.CC.CCCCN1CCN(CCC)CCN(CCCC)CCN(CCC)CC1.O.O.O.O. The lowest BCUT2D eigenvalue weighted by Crippen LogP contribution is -2.46. The van der Waals surface area contributed by atoms with Crippen LogP contribution in [0.1, 0.15) is 93.9 Å². The van der Waals surface area contributed by atoms with Gasteiger partial charge in [0.2, 0.25) is 0 Å². The lowest BCUT2D eigenvalue weighted by atomic mass is 10.2. The fraction of sp³-hybridized carbons (Fsp3) is 1.00. The van der Waals surface area contributed by atoms with E-state index in [0.717, 1.165) is 0 Å². The van der Waals surface area contributed by atoms with Crippen molar-refractivity contribution in [2.75, 3.05) is 78.5 Å². The first-order chi connectivity index (χ1) is 14.7. The summed E-state index contributed by atoms with van der Waals surface area (Å²) in [5.74, 6) is 0. The first-order valence-electron chi connectivity index (χ1n) is 13.6. The summed E-state index contributed by atoms with van der Waals surface area (Å²) >= 11 is 0. The Balaban J connectivity index is -0.000000232. The second-order valence-electron chi connectivity index (χ2n) is 8.07. The highest BCUT2D eigenvalue weighted by Crippen LogP contribution is 2.04. The second-order valence-corrected chi connectivity index (χ2v) is 8.07. The maximum atomic E-state index is 2.73. The number of hydrogen-bond acceptors (Lipinski definition) is 4. The third-order valence-electron chi connectivity index (χ3n) is 5.67. The monoisotopic (exact) mass is 501 g/mol. The molecule has 0 aliphatic carbocycles. The van der Waals surface area contributed by atoms with Crippen molar-refractivity contribution in [1.29, 1.82) is 0 Å². The number of nitrogens with zero attached hydrogens (tertiary/aromatic N) is 4. The maximum Gasteiger partial charge on any atom is 0.0110 e. The Bertz CT molecular complexity index is 283. The van der Waals surface area contributed by atoms with Crippen molar-refractivity contribution in [3.63, 3.8) is 0 Å². The normalized spacial score (nSPS) is 16.2. The van der Waals surface area contributed by atoms with E-state index < -0.39 is 0 Å². The molecule has 1 heterocycles. The highest BCUT2D eigenvalue weighted by molar-refractivity contribution is 4.72. The summed E-state index contributed by atoms with van der Waals surface area (Å²) < 4.78 is 0. The molecular weight excluding hydrogens is 432 g/mol. The zero-order valence-electron chi connectivity index (χ0n) is 24.5. The Hall–Kier alpha value is -0.320. The van der Waals surface area contributed by atoms with Crippen LogP contribution in [0.2, 0.25) is 0 Å². The molecule has 0 unspecified atom stereocenters. The zero-order valence-corrected chi connectivity index (χ0v) is 24.5. The van der Waals surface area contributed by atoms with Crippen LogP contribution in [0.4, 0.5) is 0 Å². The van der Waals surface area contributed by atoms with Crippen molar-refractivity contribution in [3.8, 4) is 0 Å². The summed E-state index contributed by atoms with van der Waals surface area (Å²) in [5.41, 5.74) is 0. The molecule has 8 heteroatoms. The van der Waals surface area contributed by atoms with Gasteiger partial charge < -0.3 is 41.5 Å². The van der Waals surface area contributed by atoms with Crippen LogP contribution < -0.4 is 0 Å². The van der Waals surface area contributed by atoms with Gasteiger partial charge in [-0.15, -0.1) is 0 Å². The van der Waals surface area contributed by atoms with Crippen LogP contribution in [0.25, 0.3) is 0 Å². The fourth-order valence-electron chi connectivity index (χ4n) is 3.87. The fourth-order valence-corrected chi connectivity index (χ4v) is 3.87. The maximum absolute atomic E-state index is 2.73. The molecule has 216 valence electrons. The highest BCUT2D eigenvalue weighted by atomic mass is 16.0. The van der Waals surface area contributed by atoms with Crippen molar-refractivity contribution < 1.29 is 21.9 Å². The van der Waals surface area contributed by atoms with Gasteiger partial charge in [0.1, 0.15) is 0 Å². The smallest absolute Gasteiger partial charge is 0.0110 e. The van der Waals surface area contributed by atoms with E-state index in [0.29, 0.717) is 0 Å². The molecule has 0 aromatic heterocycles. The van der Waals surface area contributed by atoms with Gasteiger partial charge >= 0.3 is 0 Å². The lowest BCUT2D eigenvalue weighted by molar-refractivity contribution is 0.131. The molecular formula is C26H68N4O4. The number of unbranched alkanes of at least 4 members (excludes halogenated alkanes) is 2. The predicted molar refractivity (Wildman–Crippen MR) is 153 cm³/mol. The summed E-state index contributed by atoms with van der Waals surface area (Å²) in [5, 5.41) is 0. The Labute approximate surface area is 214 Å². The van der Waals surface area contributed by atoms with Gasteiger partial charge in [-0.1, -0.05) is 68.2 Å². The van der Waals surface area contributed by atoms with Crippen LogP contribution in [0.15, 0.2) is 0 Å². The van der Waals surface area contributed by atoms with E-state index in [1.54, 1.807) is 0 Å². The molecule has 8 N–H and O–H groups in total. The van der Waals surface area contributed by atoms with Gasteiger partial charge in [-0.3, -0.25) is 0 Å². The average molecular weight is 501 g/mol. The molecule has 0 atom stereocenters. The van der Waals surface area contributed by atoms with E-state index in [4.69, 9.17) is 0 Å². The third kappa shape index (κ3) is 26.3.